The van der Waals surface area contributed by atoms with Crippen LogP contribution < -0.4 is 0 Å². The maximum absolute atomic E-state index is 11.3. The molecule has 4 nitrogen and oxygen atoms in total. The first-order chi connectivity index (χ1) is 8.69. The zero-order valence-electron chi connectivity index (χ0n) is 10.6. The summed E-state index contributed by atoms with van der Waals surface area (Å²) in [5.74, 6) is 0.657. The molecule has 100 valence electrons. The first-order valence-electron chi connectivity index (χ1n) is 6.16. The van der Waals surface area contributed by atoms with E-state index < -0.39 is 0 Å². The number of carbonyl (C=O) groups is 1. The van der Waals surface area contributed by atoms with Gasteiger partial charge in [-0.3, -0.25) is 9.69 Å². The lowest BCUT2D eigenvalue weighted by atomic mass is 10.4. The molecule has 1 aromatic rings. The molecule has 1 aliphatic heterocycles. The molecule has 2 rings (SSSR count). The van der Waals surface area contributed by atoms with Crippen LogP contribution in [0.2, 0.25) is 0 Å². The molecule has 0 saturated carbocycles. The van der Waals surface area contributed by atoms with Crippen LogP contribution in [0.4, 0.5) is 0 Å². The fourth-order valence-electron chi connectivity index (χ4n) is 2.12. The molecule has 0 radical (unpaired) electrons. The second kappa shape index (κ2) is 6.50. The Morgan fingerprint density at radius 1 is 1.44 bits per heavy atom. The van der Waals surface area contributed by atoms with Crippen LogP contribution in [0, 0.1) is 0 Å². The highest BCUT2D eigenvalue weighted by molar-refractivity contribution is 7.09. The number of hydrogen-bond donors (Lipinski definition) is 0. The molecule has 0 aromatic carbocycles. The smallest absolute Gasteiger partial charge is 0.219 e. The van der Waals surface area contributed by atoms with Crippen molar-refractivity contribution < 1.29 is 4.79 Å². The summed E-state index contributed by atoms with van der Waals surface area (Å²) < 4.78 is 0. The van der Waals surface area contributed by atoms with E-state index in [2.05, 4.69) is 9.88 Å². The summed E-state index contributed by atoms with van der Waals surface area (Å²) in [4.78, 5) is 20.1. The van der Waals surface area contributed by atoms with Crippen LogP contribution in [0.25, 0.3) is 0 Å². The Bertz CT molecular complexity index is 410. The maximum atomic E-state index is 11.3. The van der Waals surface area contributed by atoms with Crippen molar-refractivity contribution in [3.8, 4) is 0 Å². The van der Waals surface area contributed by atoms with Gasteiger partial charge in [0.2, 0.25) is 5.91 Å². The van der Waals surface area contributed by atoms with Crippen molar-refractivity contribution >= 4 is 28.8 Å². The van der Waals surface area contributed by atoms with Gasteiger partial charge in [0, 0.05) is 38.5 Å². The molecule has 2 heterocycles. The van der Waals surface area contributed by atoms with Crippen molar-refractivity contribution in [1.82, 2.24) is 14.8 Å². The average molecular weight is 288 g/mol. The lowest BCUT2D eigenvalue weighted by Crippen LogP contribution is -2.33. The number of amides is 1. The minimum Gasteiger partial charge on any atom is -0.342 e. The van der Waals surface area contributed by atoms with Crippen molar-refractivity contribution in [1.29, 1.82) is 0 Å². The highest BCUT2D eigenvalue weighted by atomic mass is 35.5. The minimum atomic E-state index is 0.176. The van der Waals surface area contributed by atoms with Crippen molar-refractivity contribution in [3.63, 3.8) is 0 Å². The van der Waals surface area contributed by atoms with E-state index in [9.17, 15) is 4.79 Å². The van der Waals surface area contributed by atoms with E-state index >= 15 is 0 Å². The molecular weight excluding hydrogens is 270 g/mol. The van der Waals surface area contributed by atoms with Crippen LogP contribution in [-0.4, -0.2) is 46.9 Å². The average Bonchev–Trinajstić information content (AvgIpc) is 2.66. The van der Waals surface area contributed by atoms with Crippen LogP contribution >= 0.6 is 22.9 Å². The van der Waals surface area contributed by atoms with E-state index in [4.69, 9.17) is 11.6 Å². The Morgan fingerprint density at radius 3 is 2.94 bits per heavy atom. The molecule has 1 aliphatic rings. The topological polar surface area (TPSA) is 36.4 Å². The highest BCUT2D eigenvalue weighted by Crippen LogP contribution is 2.15. The molecule has 0 spiro atoms. The van der Waals surface area contributed by atoms with Crippen LogP contribution in [0.5, 0.6) is 0 Å². The second-order valence-corrected chi connectivity index (χ2v) is 5.71. The van der Waals surface area contributed by atoms with Gasteiger partial charge in [-0.2, -0.15) is 0 Å². The number of aromatic nitrogens is 1. The largest absolute Gasteiger partial charge is 0.342 e. The summed E-state index contributed by atoms with van der Waals surface area (Å²) in [6, 6.07) is 0. The van der Waals surface area contributed by atoms with Gasteiger partial charge in [-0.15, -0.1) is 22.9 Å². The van der Waals surface area contributed by atoms with E-state index in [0.717, 1.165) is 49.8 Å². The van der Waals surface area contributed by atoms with Gasteiger partial charge in [-0.25, -0.2) is 4.98 Å². The lowest BCUT2D eigenvalue weighted by molar-refractivity contribution is -0.128. The van der Waals surface area contributed by atoms with Crippen molar-refractivity contribution in [2.24, 2.45) is 0 Å². The normalized spacial score (nSPS) is 17.8. The van der Waals surface area contributed by atoms with Crippen molar-refractivity contribution in [2.75, 3.05) is 26.2 Å². The zero-order valence-corrected chi connectivity index (χ0v) is 12.1. The molecule has 1 amide bonds. The van der Waals surface area contributed by atoms with Gasteiger partial charge in [0.15, 0.2) is 0 Å². The van der Waals surface area contributed by atoms with Gasteiger partial charge in [-0.1, -0.05) is 0 Å². The van der Waals surface area contributed by atoms with Crippen LogP contribution in [0.15, 0.2) is 5.38 Å². The van der Waals surface area contributed by atoms with Crippen LogP contribution in [0.1, 0.15) is 24.0 Å². The monoisotopic (exact) mass is 287 g/mol. The molecule has 0 atom stereocenters. The number of thiazole rings is 1. The molecule has 0 N–H and O–H groups in total. The third-order valence-electron chi connectivity index (χ3n) is 3.13. The number of rotatable bonds is 3. The quantitative estimate of drug-likeness (QED) is 0.797. The number of nitrogens with zero attached hydrogens (tertiary/aromatic N) is 3. The summed E-state index contributed by atoms with van der Waals surface area (Å²) >= 11 is 7.41. The molecule has 1 saturated heterocycles. The summed E-state index contributed by atoms with van der Waals surface area (Å²) in [6.45, 7) is 6.16. The molecule has 0 bridgehead atoms. The fraction of sp³-hybridized carbons (Fsp3) is 0.667. The molecule has 0 unspecified atom stereocenters. The number of hydrogen-bond acceptors (Lipinski definition) is 4. The molecule has 1 aromatic heterocycles. The minimum absolute atomic E-state index is 0.176. The molecular formula is C12H18ClN3OS. The van der Waals surface area contributed by atoms with Gasteiger partial charge >= 0.3 is 0 Å². The predicted octanol–water partition coefficient (Wildman–Crippen LogP) is 1.94. The highest BCUT2D eigenvalue weighted by Gasteiger charge is 2.17. The van der Waals surface area contributed by atoms with E-state index in [1.54, 1.807) is 18.3 Å². The van der Waals surface area contributed by atoms with E-state index in [1.165, 1.54) is 0 Å². The van der Waals surface area contributed by atoms with E-state index in [1.807, 2.05) is 10.3 Å². The number of halogens is 1. The first-order valence-corrected chi connectivity index (χ1v) is 7.57. The Labute approximate surface area is 117 Å². The van der Waals surface area contributed by atoms with Gasteiger partial charge in [0.1, 0.15) is 5.01 Å². The van der Waals surface area contributed by atoms with E-state index in [0.29, 0.717) is 5.88 Å². The second-order valence-electron chi connectivity index (χ2n) is 4.50. The molecule has 18 heavy (non-hydrogen) atoms. The molecule has 0 aliphatic carbocycles. The predicted molar refractivity (Wildman–Crippen MR) is 73.8 cm³/mol. The third-order valence-corrected chi connectivity index (χ3v) is 4.29. The van der Waals surface area contributed by atoms with E-state index in [-0.39, 0.29) is 5.91 Å². The van der Waals surface area contributed by atoms with Gasteiger partial charge in [0.05, 0.1) is 18.1 Å². The SMILES string of the molecule is CC(=O)N1CCCN(Cc2nc(CCl)cs2)CC1. The molecule has 1 fully saturated rings. The lowest BCUT2D eigenvalue weighted by Gasteiger charge is -2.20. The molecule has 6 heteroatoms. The summed E-state index contributed by atoms with van der Waals surface area (Å²) in [5.41, 5.74) is 0.955. The van der Waals surface area contributed by atoms with Gasteiger partial charge in [0.25, 0.3) is 0 Å². The Balaban J connectivity index is 1.88. The van der Waals surface area contributed by atoms with Crippen LogP contribution in [0.3, 0.4) is 0 Å². The van der Waals surface area contributed by atoms with Gasteiger partial charge < -0.3 is 4.90 Å². The standard InChI is InChI=1S/C12H18ClN3OS/c1-10(17)16-4-2-3-15(5-6-16)8-12-14-11(7-13)9-18-12/h9H,2-8H2,1H3. The Morgan fingerprint density at radius 2 is 2.28 bits per heavy atom. The van der Waals surface area contributed by atoms with Crippen molar-refractivity contribution in [3.05, 3.63) is 16.1 Å². The zero-order chi connectivity index (χ0) is 13.0. The maximum Gasteiger partial charge on any atom is 0.219 e. The number of carbonyl (C=O) groups excluding carboxylic acids is 1. The summed E-state index contributed by atoms with van der Waals surface area (Å²) in [5, 5.41) is 3.13. The Kier molecular flexibility index (Phi) is 4.97. The van der Waals surface area contributed by atoms with Crippen molar-refractivity contribution in [2.45, 2.75) is 25.8 Å². The summed E-state index contributed by atoms with van der Waals surface area (Å²) in [6.07, 6.45) is 1.04. The summed E-state index contributed by atoms with van der Waals surface area (Å²) in [7, 11) is 0. The third kappa shape index (κ3) is 3.67. The number of alkyl halides is 1. The fourth-order valence-corrected chi connectivity index (χ4v) is 3.18. The van der Waals surface area contributed by atoms with Gasteiger partial charge in [-0.05, 0) is 6.42 Å². The Hall–Kier alpha value is -0.650. The van der Waals surface area contributed by atoms with Crippen LogP contribution in [-0.2, 0) is 17.2 Å². The first kappa shape index (κ1) is 13.8.